The molecule has 0 amide bonds. The van der Waals surface area contributed by atoms with Crippen LogP contribution in [0.4, 0.5) is 0 Å². The van der Waals surface area contributed by atoms with Crippen molar-refractivity contribution in [1.29, 1.82) is 0 Å². The molecular formula is C34H29N3. The molecule has 4 aromatic carbocycles. The molecule has 7 rings (SSSR count). The summed E-state index contributed by atoms with van der Waals surface area (Å²) in [6.45, 7) is 5.29. The molecule has 0 fully saturated rings. The normalized spacial score (nSPS) is 16.9. The zero-order chi connectivity index (χ0) is 25.1. The van der Waals surface area contributed by atoms with Gasteiger partial charge in [-0.3, -0.25) is 0 Å². The maximum atomic E-state index is 7.09. The Balaban J connectivity index is 1.38. The van der Waals surface area contributed by atoms with Gasteiger partial charge in [0.05, 0.1) is 29.1 Å². The fourth-order valence-electron chi connectivity index (χ4n) is 6.36. The lowest BCUT2D eigenvalue weighted by Gasteiger charge is -2.29. The van der Waals surface area contributed by atoms with Crippen LogP contribution in [0.2, 0.25) is 0 Å². The molecule has 1 aliphatic heterocycles. The SMILES string of the molecule is CC1(C)c2ccccc2-c2cccc(/C(N)=C3\C=CC=CN3Cn3c4ccccc4c4ccccc43)c21. The van der Waals surface area contributed by atoms with Crippen LogP contribution in [0.3, 0.4) is 0 Å². The van der Waals surface area contributed by atoms with Crippen LogP contribution in [-0.2, 0) is 12.1 Å². The van der Waals surface area contributed by atoms with E-state index >= 15 is 0 Å². The standard InChI is InChI=1S/C34H29N3/c1-34(2)28-17-6-3-12-23(28)26-15-11-16-27(32(26)34)33(35)31-20-9-10-21-36(31)22-37-29-18-7-4-13-24(29)25-14-5-8-19-30(25)37/h3-21H,22,35H2,1-2H3/b33-31-. The first-order valence-electron chi connectivity index (χ1n) is 12.9. The van der Waals surface area contributed by atoms with Gasteiger partial charge in [-0.05, 0) is 46.5 Å². The summed E-state index contributed by atoms with van der Waals surface area (Å²) in [5, 5.41) is 2.54. The number of aromatic nitrogens is 1. The Morgan fingerprint density at radius 1 is 0.730 bits per heavy atom. The third-order valence-electron chi connectivity index (χ3n) is 8.06. The predicted molar refractivity (Wildman–Crippen MR) is 155 cm³/mol. The molecule has 3 heteroatoms. The minimum absolute atomic E-state index is 0.125. The Hall–Kier alpha value is -4.50. The minimum atomic E-state index is -0.125. The van der Waals surface area contributed by atoms with Crippen LogP contribution in [0.1, 0.15) is 30.5 Å². The lowest BCUT2D eigenvalue weighted by atomic mass is 9.79. The summed E-state index contributed by atoms with van der Waals surface area (Å²) in [5.74, 6) is 0. The Kier molecular flexibility index (Phi) is 4.71. The lowest BCUT2D eigenvalue weighted by molar-refractivity contribution is 0.395. The number of nitrogens with two attached hydrogens (primary N) is 1. The molecule has 0 unspecified atom stereocenters. The summed E-state index contributed by atoms with van der Waals surface area (Å²) in [6.07, 6.45) is 8.43. The fourth-order valence-corrected chi connectivity index (χ4v) is 6.36. The maximum absolute atomic E-state index is 7.09. The smallest absolute Gasteiger partial charge is 0.0995 e. The van der Waals surface area contributed by atoms with Gasteiger partial charge >= 0.3 is 0 Å². The van der Waals surface area contributed by atoms with E-state index < -0.39 is 0 Å². The molecule has 1 aromatic heterocycles. The summed E-state index contributed by atoms with van der Waals surface area (Å²) in [5.41, 5.74) is 17.6. The average Bonchev–Trinajstić information content (AvgIpc) is 3.38. The molecule has 0 atom stereocenters. The van der Waals surface area contributed by atoms with Crippen molar-refractivity contribution in [2.75, 3.05) is 0 Å². The molecule has 0 spiro atoms. The highest BCUT2D eigenvalue weighted by Gasteiger charge is 2.37. The highest BCUT2D eigenvalue weighted by molar-refractivity contribution is 6.08. The molecule has 0 saturated carbocycles. The molecule has 2 N–H and O–H groups in total. The number of hydrogen-bond acceptors (Lipinski definition) is 2. The van der Waals surface area contributed by atoms with Crippen LogP contribution >= 0.6 is 0 Å². The lowest BCUT2D eigenvalue weighted by Crippen LogP contribution is -2.25. The van der Waals surface area contributed by atoms with Gasteiger partial charge in [0.1, 0.15) is 0 Å². The summed E-state index contributed by atoms with van der Waals surface area (Å²) >= 11 is 0. The molecule has 0 bridgehead atoms. The van der Waals surface area contributed by atoms with Crippen molar-refractivity contribution in [3.8, 4) is 11.1 Å². The van der Waals surface area contributed by atoms with E-state index in [1.165, 1.54) is 44.1 Å². The van der Waals surface area contributed by atoms with Gasteiger partial charge in [0, 0.05) is 28.0 Å². The molecule has 37 heavy (non-hydrogen) atoms. The van der Waals surface area contributed by atoms with Crippen molar-refractivity contribution in [2.24, 2.45) is 5.73 Å². The van der Waals surface area contributed by atoms with Crippen LogP contribution in [0, 0.1) is 0 Å². The number of nitrogens with zero attached hydrogens (tertiary/aromatic N) is 2. The van der Waals surface area contributed by atoms with Crippen molar-refractivity contribution < 1.29 is 0 Å². The first-order chi connectivity index (χ1) is 18.1. The van der Waals surface area contributed by atoms with Crippen LogP contribution in [0.25, 0.3) is 38.6 Å². The van der Waals surface area contributed by atoms with Crippen LogP contribution in [-0.4, -0.2) is 9.47 Å². The number of hydrogen-bond donors (Lipinski definition) is 1. The number of fused-ring (bicyclic) bond motifs is 6. The van der Waals surface area contributed by atoms with E-state index in [2.05, 4.69) is 139 Å². The van der Waals surface area contributed by atoms with E-state index in [0.29, 0.717) is 6.67 Å². The van der Waals surface area contributed by atoms with Crippen molar-refractivity contribution in [3.05, 3.63) is 138 Å². The first kappa shape index (κ1) is 21.8. The molecule has 1 aliphatic carbocycles. The van der Waals surface area contributed by atoms with Crippen molar-refractivity contribution >= 4 is 27.5 Å². The van der Waals surface area contributed by atoms with Gasteiger partial charge in [-0.15, -0.1) is 0 Å². The minimum Gasteiger partial charge on any atom is -0.397 e. The summed E-state index contributed by atoms with van der Waals surface area (Å²) in [6, 6.07) is 32.6. The van der Waals surface area contributed by atoms with E-state index in [1.807, 2.05) is 0 Å². The van der Waals surface area contributed by atoms with Gasteiger partial charge in [-0.2, -0.15) is 0 Å². The highest BCUT2D eigenvalue weighted by atomic mass is 15.2. The molecular weight excluding hydrogens is 450 g/mol. The Labute approximate surface area is 217 Å². The van der Waals surface area contributed by atoms with E-state index in [9.17, 15) is 0 Å². The predicted octanol–water partition coefficient (Wildman–Crippen LogP) is 7.77. The molecule has 180 valence electrons. The second-order valence-electron chi connectivity index (χ2n) is 10.5. The van der Waals surface area contributed by atoms with E-state index in [4.69, 9.17) is 5.73 Å². The van der Waals surface area contributed by atoms with Crippen molar-refractivity contribution in [1.82, 2.24) is 9.47 Å². The number of allylic oxidation sites excluding steroid dienone is 3. The Morgan fingerprint density at radius 2 is 1.38 bits per heavy atom. The Bertz CT molecular complexity index is 1740. The second kappa shape index (κ2) is 8.01. The van der Waals surface area contributed by atoms with E-state index in [1.54, 1.807) is 0 Å². The van der Waals surface area contributed by atoms with Crippen molar-refractivity contribution in [2.45, 2.75) is 25.9 Å². The zero-order valence-electron chi connectivity index (χ0n) is 21.1. The summed E-state index contributed by atoms with van der Waals surface area (Å²) in [7, 11) is 0. The van der Waals surface area contributed by atoms with Crippen LogP contribution in [0.15, 0.2) is 121 Å². The van der Waals surface area contributed by atoms with Gasteiger partial charge in [0.25, 0.3) is 0 Å². The van der Waals surface area contributed by atoms with Gasteiger partial charge < -0.3 is 15.2 Å². The van der Waals surface area contributed by atoms with E-state index in [0.717, 1.165) is 17.0 Å². The molecule has 0 saturated heterocycles. The summed E-state index contributed by atoms with van der Waals surface area (Å²) in [4.78, 5) is 2.27. The van der Waals surface area contributed by atoms with Gasteiger partial charge in [0.2, 0.25) is 0 Å². The van der Waals surface area contributed by atoms with Crippen LogP contribution < -0.4 is 5.73 Å². The van der Waals surface area contributed by atoms with Crippen molar-refractivity contribution in [3.63, 3.8) is 0 Å². The van der Waals surface area contributed by atoms with Gasteiger partial charge in [-0.1, -0.05) is 98.8 Å². The third kappa shape index (κ3) is 3.14. The molecule has 3 nitrogen and oxygen atoms in total. The molecule has 5 aromatic rings. The maximum Gasteiger partial charge on any atom is 0.0995 e. The van der Waals surface area contributed by atoms with Crippen LogP contribution in [0.5, 0.6) is 0 Å². The zero-order valence-corrected chi connectivity index (χ0v) is 21.1. The Morgan fingerprint density at radius 3 is 2.14 bits per heavy atom. The monoisotopic (exact) mass is 479 g/mol. The van der Waals surface area contributed by atoms with E-state index in [-0.39, 0.29) is 5.41 Å². The quantitative estimate of drug-likeness (QED) is 0.287. The molecule has 2 aliphatic rings. The second-order valence-corrected chi connectivity index (χ2v) is 10.5. The largest absolute Gasteiger partial charge is 0.397 e. The number of benzene rings is 4. The summed E-state index contributed by atoms with van der Waals surface area (Å²) < 4.78 is 2.39. The highest BCUT2D eigenvalue weighted by Crippen LogP contribution is 2.51. The number of rotatable bonds is 3. The first-order valence-corrected chi connectivity index (χ1v) is 12.9. The third-order valence-corrected chi connectivity index (χ3v) is 8.06. The average molecular weight is 480 g/mol. The topological polar surface area (TPSA) is 34.2 Å². The van der Waals surface area contributed by atoms with Gasteiger partial charge in [-0.25, -0.2) is 0 Å². The van der Waals surface area contributed by atoms with Gasteiger partial charge in [0.15, 0.2) is 0 Å². The molecule has 2 heterocycles. The fraction of sp³-hybridized carbons (Fsp3) is 0.118. The molecule has 0 radical (unpaired) electrons. The number of para-hydroxylation sites is 2.